The molecule has 0 aliphatic heterocycles. The lowest BCUT2D eigenvalue weighted by Crippen LogP contribution is -2.36. The van der Waals surface area contributed by atoms with Gasteiger partial charge in [-0.15, -0.1) is 0 Å². The van der Waals surface area contributed by atoms with Gasteiger partial charge in [-0.05, 0) is 31.2 Å². The SMILES string of the molecule is CCOC(=O)CN(Cc1ccc2ccccc2n1)S(=O)(=O)c1cccc(OC)c1. The van der Waals surface area contributed by atoms with Gasteiger partial charge in [0.1, 0.15) is 12.3 Å². The number of pyridine rings is 1. The van der Waals surface area contributed by atoms with E-state index in [0.29, 0.717) is 11.4 Å². The lowest BCUT2D eigenvalue weighted by Gasteiger charge is -2.21. The Bertz CT molecular complexity index is 1110. The van der Waals surface area contributed by atoms with Crippen LogP contribution in [0.5, 0.6) is 5.75 Å². The number of rotatable bonds is 8. The first-order valence-corrected chi connectivity index (χ1v) is 10.5. The minimum absolute atomic E-state index is 0.0296. The van der Waals surface area contributed by atoms with Crippen LogP contribution in [0, 0.1) is 0 Å². The van der Waals surface area contributed by atoms with Crippen LogP contribution in [0.25, 0.3) is 10.9 Å². The van der Waals surface area contributed by atoms with E-state index in [0.717, 1.165) is 15.2 Å². The Hall–Kier alpha value is -2.97. The van der Waals surface area contributed by atoms with Crippen LogP contribution in [0.1, 0.15) is 12.6 Å². The first kappa shape index (κ1) is 20.8. The number of carbonyl (C=O) groups excluding carboxylic acids is 1. The van der Waals surface area contributed by atoms with Crippen molar-refractivity contribution in [3.05, 3.63) is 66.4 Å². The fraction of sp³-hybridized carbons (Fsp3) is 0.238. The van der Waals surface area contributed by atoms with Gasteiger partial charge in [0.05, 0.1) is 36.4 Å². The summed E-state index contributed by atoms with van der Waals surface area (Å²) in [6, 6.07) is 17.3. The van der Waals surface area contributed by atoms with E-state index in [1.807, 2.05) is 30.3 Å². The van der Waals surface area contributed by atoms with Gasteiger partial charge in [-0.25, -0.2) is 8.42 Å². The number of methoxy groups -OCH3 is 1. The van der Waals surface area contributed by atoms with E-state index in [2.05, 4.69) is 4.98 Å². The van der Waals surface area contributed by atoms with Crippen LogP contribution in [0.2, 0.25) is 0 Å². The maximum absolute atomic E-state index is 13.2. The van der Waals surface area contributed by atoms with Crippen molar-refractivity contribution in [2.45, 2.75) is 18.4 Å². The molecule has 0 aliphatic carbocycles. The molecule has 8 heteroatoms. The topological polar surface area (TPSA) is 85.8 Å². The lowest BCUT2D eigenvalue weighted by molar-refractivity contribution is -0.143. The van der Waals surface area contributed by atoms with Crippen molar-refractivity contribution in [1.29, 1.82) is 0 Å². The number of para-hydroxylation sites is 1. The van der Waals surface area contributed by atoms with Crippen LogP contribution in [0.3, 0.4) is 0 Å². The number of hydrogen-bond acceptors (Lipinski definition) is 6. The molecule has 1 aromatic heterocycles. The maximum atomic E-state index is 13.2. The van der Waals surface area contributed by atoms with Gasteiger partial charge >= 0.3 is 5.97 Å². The highest BCUT2D eigenvalue weighted by atomic mass is 32.2. The molecule has 0 atom stereocenters. The fourth-order valence-electron chi connectivity index (χ4n) is 2.86. The molecule has 0 amide bonds. The molecule has 1 heterocycles. The number of fused-ring (bicyclic) bond motifs is 1. The van der Waals surface area contributed by atoms with Gasteiger partial charge in [-0.2, -0.15) is 4.31 Å². The van der Waals surface area contributed by atoms with Crippen molar-refractivity contribution >= 4 is 26.9 Å². The molecular weight excluding hydrogens is 392 g/mol. The Kier molecular flexibility index (Phi) is 6.46. The Morgan fingerprint density at radius 3 is 2.62 bits per heavy atom. The molecule has 0 spiro atoms. The Labute approximate surface area is 169 Å². The van der Waals surface area contributed by atoms with Gasteiger partial charge in [0.2, 0.25) is 10.0 Å². The predicted molar refractivity (Wildman–Crippen MR) is 109 cm³/mol. The highest BCUT2D eigenvalue weighted by Crippen LogP contribution is 2.23. The molecule has 0 aliphatic rings. The van der Waals surface area contributed by atoms with Crippen LogP contribution < -0.4 is 4.74 Å². The summed E-state index contributed by atoms with van der Waals surface area (Å²) in [4.78, 5) is 16.6. The summed E-state index contributed by atoms with van der Waals surface area (Å²) >= 11 is 0. The van der Waals surface area contributed by atoms with Gasteiger partial charge < -0.3 is 9.47 Å². The summed E-state index contributed by atoms with van der Waals surface area (Å²) in [5.74, 6) is -0.217. The van der Waals surface area contributed by atoms with Crippen molar-refractivity contribution in [1.82, 2.24) is 9.29 Å². The smallest absolute Gasteiger partial charge is 0.321 e. The Morgan fingerprint density at radius 1 is 1.07 bits per heavy atom. The standard InChI is InChI=1S/C21H22N2O5S/c1-3-28-21(24)15-23(29(25,26)19-9-6-8-18(13-19)27-2)14-17-12-11-16-7-4-5-10-20(16)22-17/h4-13H,3,14-15H2,1-2H3. The monoisotopic (exact) mass is 414 g/mol. The Morgan fingerprint density at radius 2 is 1.86 bits per heavy atom. The minimum Gasteiger partial charge on any atom is -0.497 e. The molecule has 0 bridgehead atoms. The summed E-state index contributed by atoms with van der Waals surface area (Å²) < 4.78 is 37.6. The van der Waals surface area contributed by atoms with E-state index in [-0.39, 0.29) is 18.0 Å². The number of benzene rings is 2. The van der Waals surface area contributed by atoms with E-state index in [1.54, 1.807) is 25.1 Å². The largest absolute Gasteiger partial charge is 0.497 e. The van der Waals surface area contributed by atoms with Crippen LogP contribution >= 0.6 is 0 Å². The molecule has 152 valence electrons. The zero-order valence-corrected chi connectivity index (χ0v) is 17.1. The normalized spacial score (nSPS) is 11.6. The summed E-state index contributed by atoms with van der Waals surface area (Å²) in [7, 11) is -2.53. The first-order valence-electron chi connectivity index (χ1n) is 9.08. The summed E-state index contributed by atoms with van der Waals surface area (Å²) in [5.41, 5.74) is 1.28. The molecule has 7 nitrogen and oxygen atoms in total. The average Bonchev–Trinajstić information content (AvgIpc) is 2.73. The number of nitrogens with zero attached hydrogens (tertiary/aromatic N) is 2. The minimum atomic E-state index is -3.99. The zero-order chi connectivity index (χ0) is 20.9. The van der Waals surface area contributed by atoms with Crippen LogP contribution in [0.4, 0.5) is 0 Å². The predicted octanol–water partition coefficient (Wildman–Crippen LogP) is 3.00. The molecule has 3 rings (SSSR count). The van der Waals surface area contributed by atoms with Crippen LogP contribution in [-0.2, 0) is 26.1 Å². The Balaban J connectivity index is 1.97. The van der Waals surface area contributed by atoms with E-state index < -0.39 is 22.5 Å². The van der Waals surface area contributed by atoms with Crippen molar-refractivity contribution < 1.29 is 22.7 Å². The van der Waals surface area contributed by atoms with E-state index >= 15 is 0 Å². The molecule has 0 radical (unpaired) electrons. The molecular formula is C21H22N2O5S. The first-order chi connectivity index (χ1) is 13.9. The van der Waals surface area contributed by atoms with Gasteiger partial charge in [0.15, 0.2) is 0 Å². The molecule has 0 fully saturated rings. The molecule has 0 saturated carbocycles. The summed E-state index contributed by atoms with van der Waals surface area (Å²) in [6.07, 6.45) is 0. The fourth-order valence-corrected chi connectivity index (χ4v) is 4.26. The quantitative estimate of drug-likeness (QED) is 0.527. The number of carbonyl (C=O) groups is 1. The molecule has 3 aromatic rings. The third-order valence-electron chi connectivity index (χ3n) is 4.28. The van der Waals surface area contributed by atoms with Crippen molar-refractivity contribution in [2.75, 3.05) is 20.3 Å². The number of aromatic nitrogens is 1. The number of sulfonamides is 1. The second-order valence-corrected chi connectivity index (χ2v) is 8.19. The third kappa shape index (κ3) is 4.90. The van der Waals surface area contributed by atoms with Gasteiger partial charge in [0.25, 0.3) is 0 Å². The van der Waals surface area contributed by atoms with E-state index in [1.165, 1.54) is 19.2 Å². The van der Waals surface area contributed by atoms with Crippen LogP contribution in [0.15, 0.2) is 65.6 Å². The van der Waals surface area contributed by atoms with Crippen molar-refractivity contribution in [2.24, 2.45) is 0 Å². The second kappa shape index (κ2) is 9.02. The highest BCUT2D eigenvalue weighted by molar-refractivity contribution is 7.89. The van der Waals surface area contributed by atoms with Gasteiger partial charge in [0, 0.05) is 11.5 Å². The van der Waals surface area contributed by atoms with Crippen LogP contribution in [-0.4, -0.2) is 43.9 Å². The lowest BCUT2D eigenvalue weighted by atomic mass is 10.2. The van der Waals surface area contributed by atoms with Gasteiger partial charge in [-0.3, -0.25) is 9.78 Å². The number of hydrogen-bond donors (Lipinski definition) is 0. The third-order valence-corrected chi connectivity index (χ3v) is 6.07. The number of esters is 1. The van der Waals surface area contributed by atoms with E-state index in [4.69, 9.17) is 9.47 Å². The van der Waals surface area contributed by atoms with Crippen molar-refractivity contribution in [3.8, 4) is 5.75 Å². The molecule has 29 heavy (non-hydrogen) atoms. The second-order valence-electron chi connectivity index (χ2n) is 6.25. The zero-order valence-electron chi connectivity index (χ0n) is 16.2. The molecule has 2 aromatic carbocycles. The number of ether oxygens (including phenoxy) is 2. The summed E-state index contributed by atoms with van der Waals surface area (Å²) in [6.45, 7) is 1.36. The van der Waals surface area contributed by atoms with E-state index in [9.17, 15) is 13.2 Å². The average molecular weight is 414 g/mol. The van der Waals surface area contributed by atoms with Crippen molar-refractivity contribution in [3.63, 3.8) is 0 Å². The highest BCUT2D eigenvalue weighted by Gasteiger charge is 2.28. The maximum Gasteiger partial charge on any atom is 0.321 e. The van der Waals surface area contributed by atoms with Gasteiger partial charge in [-0.1, -0.05) is 30.3 Å². The molecule has 0 N–H and O–H groups in total. The summed E-state index contributed by atoms with van der Waals surface area (Å²) in [5, 5.41) is 0.948. The molecule has 0 unspecified atom stereocenters. The molecule has 0 saturated heterocycles.